The molecule has 2 aromatic rings. The Morgan fingerprint density at radius 3 is 2.32 bits per heavy atom. The number of amides is 3. The van der Waals surface area contributed by atoms with Crippen molar-refractivity contribution in [2.45, 2.75) is 24.8 Å². The molecule has 1 aliphatic rings. The minimum absolute atomic E-state index is 0.0106. The first-order valence-electron chi connectivity index (χ1n) is 8.62. The summed E-state index contributed by atoms with van der Waals surface area (Å²) in [6.45, 7) is 0.550. The van der Waals surface area contributed by atoms with Crippen LogP contribution in [-0.4, -0.2) is 31.1 Å². The molecule has 0 radical (unpaired) electrons. The number of urea groups is 1. The van der Waals surface area contributed by atoms with E-state index in [9.17, 15) is 9.59 Å². The van der Waals surface area contributed by atoms with Gasteiger partial charge in [-0.25, -0.2) is 4.79 Å². The van der Waals surface area contributed by atoms with Gasteiger partial charge in [0.1, 0.15) is 0 Å². The molecule has 1 fully saturated rings. The molecule has 0 aromatic heterocycles. The molecular formula is C20H23N3O2. The molecule has 0 heterocycles. The molecule has 130 valence electrons. The van der Waals surface area contributed by atoms with Gasteiger partial charge in [-0.05, 0) is 24.0 Å². The molecule has 0 spiro atoms. The Labute approximate surface area is 147 Å². The van der Waals surface area contributed by atoms with Crippen LogP contribution in [0.3, 0.4) is 0 Å². The first kappa shape index (κ1) is 17.0. The lowest BCUT2D eigenvalue weighted by atomic mass is 10.1. The number of hydrogen-bond donors (Lipinski definition) is 3. The first-order chi connectivity index (χ1) is 12.2. The first-order valence-corrected chi connectivity index (χ1v) is 8.62. The van der Waals surface area contributed by atoms with Gasteiger partial charge in [-0.15, -0.1) is 0 Å². The summed E-state index contributed by atoms with van der Waals surface area (Å²) in [6.07, 6.45) is 1.72. The Morgan fingerprint density at radius 2 is 1.60 bits per heavy atom. The molecule has 0 unspecified atom stereocenters. The molecule has 1 aliphatic carbocycles. The fourth-order valence-electron chi connectivity index (χ4n) is 2.86. The van der Waals surface area contributed by atoms with Crippen LogP contribution in [0.1, 0.15) is 23.5 Å². The van der Waals surface area contributed by atoms with Gasteiger partial charge in [-0.2, -0.15) is 0 Å². The van der Waals surface area contributed by atoms with Crippen molar-refractivity contribution in [2.75, 3.05) is 13.1 Å². The smallest absolute Gasteiger partial charge is 0.315 e. The van der Waals surface area contributed by atoms with Gasteiger partial charge in [0.2, 0.25) is 5.91 Å². The maximum absolute atomic E-state index is 11.9. The van der Waals surface area contributed by atoms with Crippen LogP contribution in [0.15, 0.2) is 60.7 Å². The van der Waals surface area contributed by atoms with E-state index in [1.165, 1.54) is 11.1 Å². The van der Waals surface area contributed by atoms with E-state index in [1.54, 1.807) is 0 Å². The van der Waals surface area contributed by atoms with Gasteiger partial charge >= 0.3 is 6.03 Å². The summed E-state index contributed by atoms with van der Waals surface area (Å²) < 4.78 is 0. The molecule has 3 rings (SSSR count). The molecule has 0 bridgehead atoms. The monoisotopic (exact) mass is 337 g/mol. The molecule has 2 atom stereocenters. The van der Waals surface area contributed by atoms with Crippen molar-refractivity contribution in [3.05, 3.63) is 71.8 Å². The van der Waals surface area contributed by atoms with Crippen molar-refractivity contribution >= 4 is 11.9 Å². The fourth-order valence-corrected chi connectivity index (χ4v) is 2.86. The maximum atomic E-state index is 11.9. The van der Waals surface area contributed by atoms with Crippen LogP contribution in [0.4, 0.5) is 4.79 Å². The zero-order valence-electron chi connectivity index (χ0n) is 14.1. The van der Waals surface area contributed by atoms with Crippen LogP contribution in [0.25, 0.3) is 0 Å². The average Bonchev–Trinajstić information content (AvgIpc) is 3.41. The number of hydrogen-bond acceptors (Lipinski definition) is 2. The van der Waals surface area contributed by atoms with Crippen molar-refractivity contribution in [1.29, 1.82) is 0 Å². The Hall–Kier alpha value is -2.82. The molecule has 1 saturated carbocycles. The molecule has 5 nitrogen and oxygen atoms in total. The second-order valence-electron chi connectivity index (χ2n) is 6.27. The van der Waals surface area contributed by atoms with E-state index in [0.29, 0.717) is 12.5 Å². The topological polar surface area (TPSA) is 70.2 Å². The Balaban J connectivity index is 1.29. The molecular weight excluding hydrogens is 314 g/mol. The number of carbonyl (C=O) groups is 2. The van der Waals surface area contributed by atoms with Crippen molar-refractivity contribution < 1.29 is 9.59 Å². The number of benzene rings is 2. The van der Waals surface area contributed by atoms with Crippen LogP contribution in [-0.2, 0) is 11.2 Å². The van der Waals surface area contributed by atoms with E-state index in [4.69, 9.17) is 0 Å². The SMILES string of the molecule is O=C(CNC(=O)N[C@@H]1C[C@@H]1c1ccccc1)NCCc1ccccc1. The van der Waals surface area contributed by atoms with Gasteiger partial charge in [0.15, 0.2) is 0 Å². The van der Waals surface area contributed by atoms with E-state index in [0.717, 1.165) is 12.8 Å². The highest BCUT2D eigenvalue weighted by Gasteiger charge is 2.39. The summed E-state index contributed by atoms with van der Waals surface area (Å²) in [7, 11) is 0. The standard InChI is InChI=1S/C20H23N3O2/c24-19(21-12-11-15-7-3-1-4-8-15)14-22-20(25)23-18-13-17(18)16-9-5-2-6-10-16/h1-10,17-18H,11-14H2,(H,21,24)(H2,22,23,25)/t17-,18-/m1/s1. The second kappa shape index (κ2) is 8.33. The third kappa shape index (κ3) is 5.35. The van der Waals surface area contributed by atoms with E-state index in [1.807, 2.05) is 48.5 Å². The summed E-state index contributed by atoms with van der Waals surface area (Å²) in [4.78, 5) is 23.6. The summed E-state index contributed by atoms with van der Waals surface area (Å²) in [6, 6.07) is 20.0. The maximum Gasteiger partial charge on any atom is 0.315 e. The Morgan fingerprint density at radius 1 is 0.920 bits per heavy atom. The molecule has 0 aliphatic heterocycles. The Bertz CT molecular complexity index is 703. The van der Waals surface area contributed by atoms with Crippen LogP contribution in [0, 0.1) is 0 Å². The van der Waals surface area contributed by atoms with Crippen molar-refractivity contribution in [3.8, 4) is 0 Å². The van der Waals surface area contributed by atoms with E-state index in [-0.39, 0.29) is 24.5 Å². The van der Waals surface area contributed by atoms with Gasteiger partial charge in [0, 0.05) is 18.5 Å². The molecule has 25 heavy (non-hydrogen) atoms. The lowest BCUT2D eigenvalue weighted by Crippen LogP contribution is -2.43. The zero-order chi connectivity index (χ0) is 17.5. The van der Waals surface area contributed by atoms with Gasteiger partial charge in [0.25, 0.3) is 0 Å². The van der Waals surface area contributed by atoms with Gasteiger partial charge < -0.3 is 16.0 Å². The zero-order valence-corrected chi connectivity index (χ0v) is 14.1. The lowest BCUT2D eigenvalue weighted by molar-refractivity contribution is -0.120. The third-order valence-corrected chi connectivity index (χ3v) is 4.32. The molecule has 3 N–H and O–H groups in total. The molecule has 2 aromatic carbocycles. The highest BCUT2D eigenvalue weighted by molar-refractivity contribution is 5.84. The van der Waals surface area contributed by atoms with Crippen LogP contribution >= 0.6 is 0 Å². The summed E-state index contributed by atoms with van der Waals surface area (Å²) in [5, 5.41) is 8.33. The minimum atomic E-state index is -0.290. The normalized spacial score (nSPS) is 18.2. The quantitative estimate of drug-likeness (QED) is 0.725. The predicted molar refractivity (Wildman–Crippen MR) is 97.3 cm³/mol. The lowest BCUT2D eigenvalue weighted by Gasteiger charge is -2.08. The fraction of sp³-hybridized carbons (Fsp3) is 0.300. The largest absolute Gasteiger partial charge is 0.354 e. The Kier molecular flexibility index (Phi) is 5.67. The van der Waals surface area contributed by atoms with E-state index >= 15 is 0 Å². The summed E-state index contributed by atoms with van der Waals surface area (Å²) in [5.74, 6) is 0.202. The van der Waals surface area contributed by atoms with Gasteiger partial charge in [-0.1, -0.05) is 60.7 Å². The summed E-state index contributed by atoms with van der Waals surface area (Å²) in [5.41, 5.74) is 2.42. The van der Waals surface area contributed by atoms with Crippen molar-refractivity contribution in [2.24, 2.45) is 0 Å². The summed E-state index contributed by atoms with van der Waals surface area (Å²) >= 11 is 0. The van der Waals surface area contributed by atoms with E-state index < -0.39 is 0 Å². The van der Waals surface area contributed by atoms with Crippen LogP contribution < -0.4 is 16.0 Å². The average molecular weight is 337 g/mol. The second-order valence-corrected chi connectivity index (χ2v) is 6.27. The van der Waals surface area contributed by atoms with Gasteiger partial charge in [-0.3, -0.25) is 4.79 Å². The van der Waals surface area contributed by atoms with Crippen molar-refractivity contribution in [1.82, 2.24) is 16.0 Å². The van der Waals surface area contributed by atoms with Crippen LogP contribution in [0.2, 0.25) is 0 Å². The highest BCUT2D eigenvalue weighted by atomic mass is 16.2. The predicted octanol–water partition coefficient (Wildman–Crippen LogP) is 2.20. The van der Waals surface area contributed by atoms with E-state index in [2.05, 4.69) is 28.1 Å². The molecule has 3 amide bonds. The molecule has 0 saturated heterocycles. The molecule has 5 heteroatoms. The number of carbonyl (C=O) groups excluding carboxylic acids is 2. The highest BCUT2D eigenvalue weighted by Crippen LogP contribution is 2.40. The van der Waals surface area contributed by atoms with Crippen LogP contribution in [0.5, 0.6) is 0 Å². The minimum Gasteiger partial charge on any atom is -0.354 e. The van der Waals surface area contributed by atoms with Crippen molar-refractivity contribution in [3.63, 3.8) is 0 Å². The number of rotatable bonds is 7. The third-order valence-electron chi connectivity index (χ3n) is 4.32. The van der Waals surface area contributed by atoms with Gasteiger partial charge in [0.05, 0.1) is 6.54 Å². The number of nitrogens with one attached hydrogen (secondary N) is 3.